The average Bonchev–Trinajstić information content (AvgIpc) is 3.00. The molecule has 3 aromatic rings. The predicted molar refractivity (Wildman–Crippen MR) is 95.0 cm³/mol. The van der Waals surface area contributed by atoms with Crippen LogP contribution in [-0.2, 0) is 0 Å². The summed E-state index contributed by atoms with van der Waals surface area (Å²) in [6.07, 6.45) is 0. The van der Waals surface area contributed by atoms with Gasteiger partial charge in [0.15, 0.2) is 0 Å². The van der Waals surface area contributed by atoms with Gasteiger partial charge in [-0.15, -0.1) is 0 Å². The number of benzene rings is 2. The van der Waals surface area contributed by atoms with Crippen molar-refractivity contribution in [1.29, 1.82) is 0 Å². The van der Waals surface area contributed by atoms with E-state index in [4.69, 9.17) is 9.84 Å². The highest BCUT2D eigenvalue weighted by Crippen LogP contribution is 2.41. The molecule has 0 radical (unpaired) electrons. The number of nitrogens with zero attached hydrogens (tertiary/aromatic N) is 1. The third-order valence-electron chi connectivity index (χ3n) is 3.07. The van der Waals surface area contributed by atoms with Gasteiger partial charge in [-0.3, -0.25) is 10.1 Å². The molecule has 25 heavy (non-hydrogen) atoms. The highest BCUT2D eigenvalue weighted by atomic mass is 32.2. The number of hydrogen-bond acceptors (Lipinski definition) is 6. The molecule has 8 heteroatoms. The van der Waals surface area contributed by atoms with Gasteiger partial charge >= 0.3 is 11.0 Å². The number of rotatable bonds is 6. The van der Waals surface area contributed by atoms with E-state index in [1.807, 2.05) is 30.3 Å². The van der Waals surface area contributed by atoms with E-state index in [1.165, 1.54) is 6.07 Å². The lowest BCUT2D eigenvalue weighted by molar-refractivity contribution is -0.382. The lowest BCUT2D eigenvalue weighted by atomic mass is 10.3. The maximum atomic E-state index is 11.1. The molecule has 0 saturated heterocycles. The predicted octanol–water partition coefficient (Wildman–Crippen LogP) is 5.30. The summed E-state index contributed by atoms with van der Waals surface area (Å²) in [6, 6.07) is 17.6. The first-order valence-electron chi connectivity index (χ1n) is 7.05. The van der Waals surface area contributed by atoms with Gasteiger partial charge in [0, 0.05) is 4.90 Å². The fourth-order valence-electron chi connectivity index (χ4n) is 2.02. The first-order valence-corrected chi connectivity index (χ1v) is 8.68. The van der Waals surface area contributed by atoms with Gasteiger partial charge in [0.25, 0.3) is 0 Å². The van der Waals surface area contributed by atoms with E-state index in [9.17, 15) is 14.9 Å². The number of thiophene rings is 1. The molecule has 0 amide bonds. The monoisotopic (exact) mass is 373 g/mol. The van der Waals surface area contributed by atoms with Crippen molar-refractivity contribution in [1.82, 2.24) is 0 Å². The molecule has 0 spiro atoms. The van der Waals surface area contributed by atoms with E-state index in [2.05, 4.69) is 0 Å². The number of nitro groups is 1. The molecular formula is C17H11NO5S2. The van der Waals surface area contributed by atoms with Crippen LogP contribution in [0.15, 0.2) is 70.5 Å². The van der Waals surface area contributed by atoms with Crippen LogP contribution in [0.3, 0.4) is 0 Å². The summed E-state index contributed by atoms with van der Waals surface area (Å²) in [5, 5.41) is 20.0. The Balaban J connectivity index is 1.85. The van der Waals surface area contributed by atoms with E-state index in [1.54, 1.807) is 24.3 Å². The SMILES string of the molecule is O=C(O)c1cc(Sc2cccc(Oc3ccccc3)c2)c([N+](=O)[O-])s1. The van der Waals surface area contributed by atoms with Gasteiger partial charge in [-0.1, -0.05) is 47.4 Å². The average molecular weight is 373 g/mol. The van der Waals surface area contributed by atoms with Crippen LogP contribution < -0.4 is 4.74 Å². The zero-order valence-electron chi connectivity index (χ0n) is 12.6. The second-order valence-corrected chi connectivity index (χ2v) is 6.98. The van der Waals surface area contributed by atoms with Gasteiger partial charge in [-0.25, -0.2) is 4.79 Å². The minimum atomic E-state index is -1.18. The number of carboxylic acids is 1. The maximum Gasteiger partial charge on any atom is 0.346 e. The van der Waals surface area contributed by atoms with E-state index < -0.39 is 10.9 Å². The number of para-hydroxylation sites is 1. The third-order valence-corrected chi connectivity index (χ3v) is 5.29. The van der Waals surface area contributed by atoms with Crippen LogP contribution >= 0.6 is 23.1 Å². The number of carbonyl (C=O) groups is 1. The van der Waals surface area contributed by atoms with Crippen molar-refractivity contribution in [3.63, 3.8) is 0 Å². The standard InChI is InChI=1S/C17H11NO5S2/c19-17(20)15-10-14(16(25-15)18(21)22)24-13-8-4-7-12(9-13)23-11-5-2-1-3-6-11/h1-10H,(H,19,20). The normalized spacial score (nSPS) is 10.4. The fourth-order valence-corrected chi connectivity index (χ4v) is 3.97. The molecule has 1 heterocycles. The Bertz CT molecular complexity index is 924. The van der Waals surface area contributed by atoms with Gasteiger partial charge in [-0.2, -0.15) is 0 Å². The summed E-state index contributed by atoms with van der Waals surface area (Å²) in [4.78, 5) is 22.6. The molecule has 126 valence electrons. The number of hydrogen-bond donors (Lipinski definition) is 1. The number of ether oxygens (including phenoxy) is 1. The summed E-state index contributed by atoms with van der Waals surface area (Å²) in [5.41, 5.74) is 0. The van der Waals surface area contributed by atoms with Crippen molar-refractivity contribution in [2.45, 2.75) is 9.79 Å². The lowest BCUT2D eigenvalue weighted by Crippen LogP contribution is -1.89. The molecule has 0 bridgehead atoms. The van der Waals surface area contributed by atoms with Gasteiger partial charge in [-0.05, 0) is 36.4 Å². The zero-order valence-corrected chi connectivity index (χ0v) is 14.3. The molecule has 2 aromatic carbocycles. The van der Waals surface area contributed by atoms with Crippen LogP contribution in [0.5, 0.6) is 11.5 Å². The van der Waals surface area contributed by atoms with Crippen LogP contribution in [-0.4, -0.2) is 16.0 Å². The first-order chi connectivity index (χ1) is 12.0. The van der Waals surface area contributed by atoms with Gasteiger partial charge in [0.2, 0.25) is 0 Å². The first kappa shape index (κ1) is 17.0. The molecular weight excluding hydrogens is 362 g/mol. The Morgan fingerprint density at radius 3 is 2.48 bits per heavy atom. The lowest BCUT2D eigenvalue weighted by Gasteiger charge is -2.07. The molecule has 0 fully saturated rings. The highest BCUT2D eigenvalue weighted by Gasteiger charge is 2.23. The highest BCUT2D eigenvalue weighted by molar-refractivity contribution is 7.99. The van der Waals surface area contributed by atoms with Crippen LogP contribution in [0.2, 0.25) is 0 Å². The van der Waals surface area contributed by atoms with Gasteiger partial charge in [0.1, 0.15) is 21.3 Å². The number of carboxylic acid groups (broad SMARTS) is 1. The molecule has 1 aromatic heterocycles. The Morgan fingerprint density at radius 2 is 1.80 bits per heavy atom. The Kier molecular flexibility index (Phi) is 5.01. The van der Waals surface area contributed by atoms with Crippen LogP contribution in [0.25, 0.3) is 0 Å². The molecule has 0 unspecified atom stereocenters. The molecule has 0 aliphatic heterocycles. The Morgan fingerprint density at radius 1 is 1.08 bits per heavy atom. The Hall–Kier alpha value is -2.84. The summed E-state index contributed by atoms with van der Waals surface area (Å²) >= 11 is 1.78. The quantitative estimate of drug-likeness (QED) is 0.466. The van der Waals surface area contributed by atoms with Crippen molar-refractivity contribution >= 4 is 34.1 Å². The maximum absolute atomic E-state index is 11.1. The van der Waals surface area contributed by atoms with Crippen LogP contribution in [0.1, 0.15) is 9.67 Å². The molecule has 1 N–H and O–H groups in total. The zero-order chi connectivity index (χ0) is 17.8. The second-order valence-electron chi connectivity index (χ2n) is 4.83. The minimum absolute atomic E-state index is 0.0640. The molecule has 0 aliphatic rings. The van der Waals surface area contributed by atoms with Crippen molar-refractivity contribution in [3.05, 3.63) is 75.7 Å². The molecule has 6 nitrogen and oxygen atoms in total. The van der Waals surface area contributed by atoms with Crippen molar-refractivity contribution in [2.75, 3.05) is 0 Å². The van der Waals surface area contributed by atoms with Crippen LogP contribution in [0, 0.1) is 10.1 Å². The van der Waals surface area contributed by atoms with E-state index in [0.29, 0.717) is 32.6 Å². The van der Waals surface area contributed by atoms with E-state index in [0.717, 1.165) is 11.8 Å². The van der Waals surface area contributed by atoms with Gasteiger partial charge < -0.3 is 9.84 Å². The van der Waals surface area contributed by atoms with Crippen LogP contribution in [0.4, 0.5) is 5.00 Å². The van der Waals surface area contributed by atoms with E-state index in [-0.39, 0.29) is 9.88 Å². The molecule has 0 atom stereocenters. The number of aromatic carboxylic acids is 1. The smallest absolute Gasteiger partial charge is 0.346 e. The topological polar surface area (TPSA) is 89.7 Å². The second kappa shape index (κ2) is 7.37. The fraction of sp³-hybridized carbons (Fsp3) is 0. The Labute approximate surface area is 150 Å². The third kappa shape index (κ3) is 4.17. The van der Waals surface area contributed by atoms with Gasteiger partial charge in [0.05, 0.1) is 4.92 Å². The van der Waals surface area contributed by atoms with Crippen molar-refractivity contribution in [3.8, 4) is 11.5 Å². The van der Waals surface area contributed by atoms with Crippen molar-refractivity contribution in [2.24, 2.45) is 0 Å². The minimum Gasteiger partial charge on any atom is -0.477 e. The molecule has 3 rings (SSSR count). The largest absolute Gasteiger partial charge is 0.477 e. The summed E-state index contributed by atoms with van der Waals surface area (Å²) in [6.45, 7) is 0. The summed E-state index contributed by atoms with van der Waals surface area (Å²) < 4.78 is 5.74. The molecule has 0 saturated carbocycles. The molecule has 0 aliphatic carbocycles. The summed E-state index contributed by atoms with van der Waals surface area (Å²) in [7, 11) is 0. The van der Waals surface area contributed by atoms with Crippen molar-refractivity contribution < 1.29 is 19.6 Å². The van der Waals surface area contributed by atoms with E-state index >= 15 is 0 Å². The summed E-state index contributed by atoms with van der Waals surface area (Å²) in [5.74, 6) is 0.0907.